The molecule has 0 aliphatic heterocycles. The summed E-state index contributed by atoms with van der Waals surface area (Å²) in [7, 11) is 0. The summed E-state index contributed by atoms with van der Waals surface area (Å²) >= 11 is 5.27. The van der Waals surface area contributed by atoms with E-state index in [1.54, 1.807) is 22.7 Å². The minimum Gasteiger partial charge on any atom is -0.186 e. The van der Waals surface area contributed by atoms with Gasteiger partial charge in [0.05, 0.1) is 5.75 Å². The third-order valence-electron chi connectivity index (χ3n) is 3.61. The Morgan fingerprint density at radius 1 is 1.04 bits per heavy atom. The van der Waals surface area contributed by atoms with Crippen LogP contribution in [0.15, 0.2) is 47.8 Å². The van der Waals surface area contributed by atoms with Crippen LogP contribution in [0.2, 0.25) is 0 Å². The fourth-order valence-corrected chi connectivity index (χ4v) is 4.98. The molecule has 122 valence electrons. The van der Waals surface area contributed by atoms with Crippen LogP contribution in [0.4, 0.5) is 0 Å². The van der Waals surface area contributed by atoms with Crippen LogP contribution in [0.5, 0.6) is 0 Å². The quantitative estimate of drug-likeness (QED) is 0.453. The molecule has 0 fully saturated rings. The molecule has 3 aromatic heterocycles. The van der Waals surface area contributed by atoms with E-state index in [4.69, 9.17) is 0 Å². The van der Waals surface area contributed by atoms with Gasteiger partial charge in [-0.15, -0.1) is 21.5 Å². The summed E-state index contributed by atoms with van der Waals surface area (Å²) in [4.78, 5) is 2.22. The number of fused-ring (bicyclic) bond motifs is 1. The Balaban J connectivity index is 1.36. The number of aryl methyl sites for hydroxylation is 1. The maximum Gasteiger partial charge on any atom is 0.234 e. The SMILES string of the molecule is c1ccc(CCSCc2nnc3sc(Cc4cccs4)nn23)cc1. The van der Waals surface area contributed by atoms with Crippen LogP contribution in [0.25, 0.3) is 4.96 Å². The number of thiophene rings is 1. The maximum absolute atomic E-state index is 4.69. The number of nitrogens with zero attached hydrogens (tertiary/aromatic N) is 4. The number of benzene rings is 1. The summed E-state index contributed by atoms with van der Waals surface area (Å²) in [6.07, 6.45) is 1.96. The van der Waals surface area contributed by atoms with Gasteiger partial charge in [-0.05, 0) is 29.2 Å². The van der Waals surface area contributed by atoms with Crippen molar-refractivity contribution in [3.63, 3.8) is 0 Å². The van der Waals surface area contributed by atoms with Gasteiger partial charge in [-0.1, -0.05) is 47.7 Å². The lowest BCUT2D eigenvalue weighted by Gasteiger charge is -2.00. The molecule has 24 heavy (non-hydrogen) atoms. The van der Waals surface area contributed by atoms with Crippen molar-refractivity contribution in [2.24, 2.45) is 0 Å². The van der Waals surface area contributed by atoms with E-state index >= 15 is 0 Å². The first-order chi connectivity index (χ1) is 11.9. The van der Waals surface area contributed by atoms with Crippen molar-refractivity contribution < 1.29 is 0 Å². The number of rotatable bonds is 7. The largest absolute Gasteiger partial charge is 0.234 e. The minimum absolute atomic E-state index is 0.843. The first-order valence-electron chi connectivity index (χ1n) is 7.72. The van der Waals surface area contributed by atoms with E-state index in [9.17, 15) is 0 Å². The summed E-state index contributed by atoms with van der Waals surface area (Å²) in [5, 5.41) is 16.4. The number of hydrogen-bond acceptors (Lipinski definition) is 6. The Labute approximate surface area is 152 Å². The van der Waals surface area contributed by atoms with Gasteiger partial charge < -0.3 is 0 Å². The molecule has 4 rings (SSSR count). The van der Waals surface area contributed by atoms with E-state index in [0.29, 0.717) is 0 Å². The predicted molar refractivity (Wildman–Crippen MR) is 102 cm³/mol. The van der Waals surface area contributed by atoms with Gasteiger partial charge in [0.2, 0.25) is 4.96 Å². The van der Waals surface area contributed by atoms with Crippen molar-refractivity contribution >= 4 is 39.4 Å². The monoisotopic (exact) mass is 372 g/mol. The average molecular weight is 373 g/mol. The van der Waals surface area contributed by atoms with Gasteiger partial charge in [-0.2, -0.15) is 21.4 Å². The maximum atomic E-state index is 4.69. The third kappa shape index (κ3) is 3.68. The van der Waals surface area contributed by atoms with Crippen LogP contribution in [0.3, 0.4) is 0 Å². The molecular weight excluding hydrogens is 356 g/mol. The molecule has 4 aromatic rings. The van der Waals surface area contributed by atoms with Crippen molar-refractivity contribution in [2.45, 2.75) is 18.6 Å². The molecule has 0 amide bonds. The Morgan fingerprint density at radius 2 is 1.96 bits per heavy atom. The lowest BCUT2D eigenvalue weighted by atomic mass is 10.2. The summed E-state index contributed by atoms with van der Waals surface area (Å²) in [6, 6.07) is 14.8. The molecule has 0 saturated carbocycles. The van der Waals surface area contributed by atoms with Crippen LogP contribution >= 0.6 is 34.4 Å². The molecule has 0 atom stereocenters. The van der Waals surface area contributed by atoms with Crippen LogP contribution < -0.4 is 0 Å². The lowest BCUT2D eigenvalue weighted by molar-refractivity contribution is 0.857. The lowest BCUT2D eigenvalue weighted by Crippen LogP contribution is -1.97. The Morgan fingerprint density at radius 3 is 2.79 bits per heavy atom. The predicted octanol–water partition coefficient (Wildman–Crippen LogP) is 4.31. The molecule has 1 aromatic carbocycles. The zero-order valence-electron chi connectivity index (χ0n) is 13.0. The van der Waals surface area contributed by atoms with E-state index in [1.807, 2.05) is 16.3 Å². The van der Waals surface area contributed by atoms with Gasteiger partial charge in [-0.25, -0.2) is 0 Å². The third-order valence-corrected chi connectivity index (χ3v) is 6.34. The molecule has 4 nitrogen and oxygen atoms in total. The van der Waals surface area contributed by atoms with Gasteiger partial charge in [0.1, 0.15) is 5.01 Å². The second-order valence-corrected chi connectivity index (χ2v) is 8.53. The summed E-state index contributed by atoms with van der Waals surface area (Å²) in [5.41, 5.74) is 1.38. The first-order valence-corrected chi connectivity index (χ1v) is 10.6. The van der Waals surface area contributed by atoms with Crippen molar-refractivity contribution in [2.75, 3.05) is 5.75 Å². The van der Waals surface area contributed by atoms with Gasteiger partial charge in [-0.3, -0.25) is 0 Å². The van der Waals surface area contributed by atoms with Crippen LogP contribution in [0.1, 0.15) is 21.3 Å². The standard InChI is InChI=1S/C17H16N4S3/c1-2-5-13(6-3-1)8-10-22-12-15-18-19-17-21(15)20-16(24-17)11-14-7-4-9-23-14/h1-7,9H,8,10-12H2. The zero-order valence-corrected chi connectivity index (χ0v) is 15.4. The fraction of sp³-hybridized carbons (Fsp3) is 0.235. The van der Waals surface area contributed by atoms with Crippen molar-refractivity contribution in [1.82, 2.24) is 19.8 Å². The fourth-order valence-electron chi connectivity index (χ4n) is 2.42. The highest BCUT2D eigenvalue weighted by Crippen LogP contribution is 2.21. The van der Waals surface area contributed by atoms with Crippen LogP contribution in [-0.2, 0) is 18.6 Å². The highest BCUT2D eigenvalue weighted by atomic mass is 32.2. The molecule has 7 heteroatoms. The molecule has 0 spiro atoms. The highest BCUT2D eigenvalue weighted by molar-refractivity contribution is 7.98. The number of hydrogen-bond donors (Lipinski definition) is 0. The van der Waals surface area contributed by atoms with Crippen molar-refractivity contribution in [3.8, 4) is 0 Å². The van der Waals surface area contributed by atoms with Gasteiger partial charge in [0.25, 0.3) is 0 Å². The Bertz CT molecular complexity index is 897. The number of thioether (sulfide) groups is 1. The van der Waals surface area contributed by atoms with Crippen LogP contribution in [0, 0.1) is 0 Å². The van der Waals surface area contributed by atoms with E-state index in [1.165, 1.54) is 10.4 Å². The molecule has 0 aliphatic rings. The first kappa shape index (κ1) is 15.8. The summed E-state index contributed by atoms with van der Waals surface area (Å²) in [6.45, 7) is 0. The molecule has 3 heterocycles. The molecule has 0 saturated heterocycles. The molecule has 0 aliphatic carbocycles. The second kappa shape index (κ2) is 7.46. The van der Waals surface area contributed by atoms with E-state index < -0.39 is 0 Å². The van der Waals surface area contributed by atoms with Crippen molar-refractivity contribution in [1.29, 1.82) is 0 Å². The normalized spacial score (nSPS) is 11.3. The van der Waals surface area contributed by atoms with E-state index in [-0.39, 0.29) is 0 Å². The van der Waals surface area contributed by atoms with Gasteiger partial charge in [0, 0.05) is 11.3 Å². The molecule has 0 radical (unpaired) electrons. The van der Waals surface area contributed by atoms with E-state index in [2.05, 4.69) is 63.1 Å². The number of aromatic nitrogens is 4. The molecular formula is C17H16N4S3. The minimum atomic E-state index is 0.843. The van der Waals surface area contributed by atoms with Gasteiger partial charge >= 0.3 is 0 Å². The van der Waals surface area contributed by atoms with E-state index in [0.717, 1.165) is 40.1 Å². The smallest absolute Gasteiger partial charge is 0.186 e. The topological polar surface area (TPSA) is 43.1 Å². The molecule has 0 bridgehead atoms. The average Bonchev–Trinajstić information content (AvgIpc) is 3.32. The zero-order chi connectivity index (χ0) is 16.2. The Kier molecular flexibility index (Phi) is 4.91. The Hall–Kier alpha value is -1.70. The van der Waals surface area contributed by atoms with Crippen molar-refractivity contribution in [3.05, 3.63) is 69.1 Å². The van der Waals surface area contributed by atoms with Crippen LogP contribution in [-0.4, -0.2) is 25.6 Å². The van der Waals surface area contributed by atoms with Gasteiger partial charge in [0.15, 0.2) is 5.82 Å². The summed E-state index contributed by atoms with van der Waals surface area (Å²) < 4.78 is 1.91. The second-order valence-electron chi connectivity index (χ2n) is 5.35. The summed E-state index contributed by atoms with van der Waals surface area (Å²) in [5.74, 6) is 2.86. The molecule has 0 unspecified atom stereocenters. The molecule has 0 N–H and O–H groups in total. The highest BCUT2D eigenvalue weighted by Gasteiger charge is 2.12.